The van der Waals surface area contributed by atoms with Crippen molar-refractivity contribution < 1.29 is 4.79 Å². The van der Waals surface area contributed by atoms with Gasteiger partial charge in [-0.15, -0.1) is 0 Å². The Labute approximate surface area is 126 Å². The molecule has 104 valence electrons. The summed E-state index contributed by atoms with van der Waals surface area (Å²) in [6.07, 6.45) is 1.66. The summed E-state index contributed by atoms with van der Waals surface area (Å²) in [7, 11) is 1.86. The molecule has 1 heterocycles. The minimum Gasteiger partial charge on any atom is -0.388 e. The van der Waals surface area contributed by atoms with Crippen LogP contribution in [-0.2, 0) is 0 Å². The minimum absolute atomic E-state index is 0.159. The van der Waals surface area contributed by atoms with Gasteiger partial charge in [-0.1, -0.05) is 0 Å². The lowest BCUT2D eigenvalue weighted by Gasteiger charge is -2.10. The molecular weight excluding hydrogens is 318 g/mol. The molecule has 0 aliphatic heterocycles. The lowest BCUT2D eigenvalue weighted by Crippen LogP contribution is -2.14. The highest BCUT2D eigenvalue weighted by Crippen LogP contribution is 2.19. The summed E-state index contributed by atoms with van der Waals surface area (Å²) in [6.45, 7) is 3.87. The zero-order chi connectivity index (χ0) is 14.7. The van der Waals surface area contributed by atoms with E-state index in [2.05, 4.69) is 31.5 Å². The molecule has 0 radical (unpaired) electrons. The second-order valence-corrected chi connectivity index (χ2v) is 5.47. The third-order valence-electron chi connectivity index (χ3n) is 3.03. The monoisotopic (exact) mass is 333 g/mol. The van der Waals surface area contributed by atoms with Gasteiger partial charge in [0.15, 0.2) is 0 Å². The molecule has 4 nitrogen and oxygen atoms in total. The number of nitrogens with zero attached hydrogens (tertiary/aromatic N) is 1. The number of benzene rings is 1. The van der Waals surface area contributed by atoms with Crippen LogP contribution in [0.5, 0.6) is 0 Å². The summed E-state index contributed by atoms with van der Waals surface area (Å²) >= 11 is 3.35. The molecule has 2 rings (SSSR count). The van der Waals surface area contributed by atoms with E-state index in [9.17, 15) is 4.79 Å². The molecule has 0 bridgehead atoms. The zero-order valence-electron chi connectivity index (χ0n) is 11.6. The Morgan fingerprint density at radius 2 is 1.95 bits per heavy atom. The first kappa shape index (κ1) is 14.5. The van der Waals surface area contributed by atoms with Gasteiger partial charge in [0.1, 0.15) is 5.82 Å². The van der Waals surface area contributed by atoms with Crippen molar-refractivity contribution in [2.24, 2.45) is 0 Å². The first-order valence-electron chi connectivity index (χ1n) is 6.23. The van der Waals surface area contributed by atoms with Gasteiger partial charge in [0.25, 0.3) is 5.91 Å². The van der Waals surface area contributed by atoms with Crippen molar-refractivity contribution in [1.29, 1.82) is 0 Å². The van der Waals surface area contributed by atoms with Gasteiger partial charge in [-0.2, -0.15) is 0 Å². The maximum Gasteiger partial charge on any atom is 0.256 e. The van der Waals surface area contributed by atoms with E-state index in [4.69, 9.17) is 0 Å². The van der Waals surface area contributed by atoms with E-state index in [-0.39, 0.29) is 5.91 Å². The Bertz CT molecular complexity index is 656. The molecule has 0 saturated heterocycles. The average molecular weight is 334 g/mol. The van der Waals surface area contributed by atoms with Crippen LogP contribution in [0.4, 0.5) is 11.5 Å². The summed E-state index contributed by atoms with van der Waals surface area (Å²) in [6, 6.07) is 7.46. The number of carbonyl (C=O) groups is 1. The Morgan fingerprint density at radius 1 is 1.20 bits per heavy atom. The highest BCUT2D eigenvalue weighted by atomic mass is 79.9. The summed E-state index contributed by atoms with van der Waals surface area (Å²) in [5.74, 6) is 0.419. The third kappa shape index (κ3) is 3.17. The quantitative estimate of drug-likeness (QED) is 0.899. The second kappa shape index (κ2) is 6.05. The molecule has 0 unspecified atom stereocenters. The Kier molecular flexibility index (Phi) is 4.39. The maximum absolute atomic E-state index is 12.2. The van der Waals surface area contributed by atoms with Gasteiger partial charge in [-0.25, -0.2) is 4.98 Å². The molecule has 0 saturated carbocycles. The Hall–Kier alpha value is -1.88. The molecule has 0 fully saturated rings. The van der Waals surface area contributed by atoms with Crippen molar-refractivity contribution in [1.82, 2.24) is 4.98 Å². The predicted octanol–water partition coefficient (Wildman–Crippen LogP) is 3.75. The van der Waals surface area contributed by atoms with Crippen molar-refractivity contribution in [3.8, 4) is 0 Å². The normalized spacial score (nSPS) is 10.2. The largest absolute Gasteiger partial charge is 0.388 e. The molecule has 20 heavy (non-hydrogen) atoms. The van der Waals surface area contributed by atoms with Crippen LogP contribution in [0.3, 0.4) is 0 Å². The standard InChI is InChI=1S/C15H16BrN3O/c1-9-6-11(4-5-13(9)17-3)15(20)19-14-10(2)7-12(16)8-18-14/h4-8,17H,1-3H3,(H,18,19,20). The fraction of sp³-hybridized carbons (Fsp3) is 0.200. The van der Waals surface area contributed by atoms with Crippen molar-refractivity contribution in [2.75, 3.05) is 17.7 Å². The fourth-order valence-electron chi connectivity index (χ4n) is 1.94. The highest BCUT2D eigenvalue weighted by Gasteiger charge is 2.10. The molecule has 2 aromatic rings. The summed E-state index contributed by atoms with van der Waals surface area (Å²) in [5, 5.41) is 5.90. The van der Waals surface area contributed by atoms with Crippen molar-refractivity contribution in [3.05, 3.63) is 51.6 Å². The number of anilines is 2. The molecular formula is C15H16BrN3O. The second-order valence-electron chi connectivity index (χ2n) is 4.55. The van der Waals surface area contributed by atoms with E-state index in [0.717, 1.165) is 21.3 Å². The molecule has 0 atom stereocenters. The molecule has 1 aromatic carbocycles. The number of hydrogen-bond donors (Lipinski definition) is 2. The van der Waals surface area contributed by atoms with Gasteiger partial charge in [-0.3, -0.25) is 4.79 Å². The van der Waals surface area contributed by atoms with E-state index < -0.39 is 0 Å². The van der Waals surface area contributed by atoms with Crippen molar-refractivity contribution in [3.63, 3.8) is 0 Å². The first-order chi connectivity index (χ1) is 9.51. The third-order valence-corrected chi connectivity index (χ3v) is 3.47. The molecule has 0 aliphatic carbocycles. The fourth-order valence-corrected chi connectivity index (χ4v) is 2.38. The van der Waals surface area contributed by atoms with Crippen LogP contribution < -0.4 is 10.6 Å². The van der Waals surface area contributed by atoms with Crippen LogP contribution in [0.25, 0.3) is 0 Å². The van der Waals surface area contributed by atoms with E-state index in [1.807, 2.05) is 39.1 Å². The van der Waals surface area contributed by atoms with Crippen LogP contribution in [0.15, 0.2) is 34.9 Å². The van der Waals surface area contributed by atoms with Crippen LogP contribution in [0, 0.1) is 13.8 Å². The number of amides is 1. The van der Waals surface area contributed by atoms with Gasteiger partial charge in [0.05, 0.1) is 0 Å². The summed E-state index contributed by atoms with van der Waals surface area (Å²) in [5.41, 5.74) is 3.57. The number of rotatable bonds is 3. The average Bonchev–Trinajstić information content (AvgIpc) is 2.41. The van der Waals surface area contributed by atoms with Crippen molar-refractivity contribution >= 4 is 33.3 Å². The first-order valence-corrected chi connectivity index (χ1v) is 7.02. The minimum atomic E-state index is -0.159. The molecule has 5 heteroatoms. The molecule has 1 aromatic heterocycles. The number of carbonyl (C=O) groups excluding carboxylic acids is 1. The van der Waals surface area contributed by atoms with E-state index >= 15 is 0 Å². The number of hydrogen-bond acceptors (Lipinski definition) is 3. The lowest BCUT2D eigenvalue weighted by molar-refractivity contribution is 0.102. The Morgan fingerprint density at radius 3 is 2.55 bits per heavy atom. The number of nitrogens with one attached hydrogen (secondary N) is 2. The SMILES string of the molecule is CNc1ccc(C(=O)Nc2ncc(Br)cc2C)cc1C. The number of halogens is 1. The number of pyridine rings is 1. The smallest absolute Gasteiger partial charge is 0.256 e. The highest BCUT2D eigenvalue weighted by molar-refractivity contribution is 9.10. The van der Waals surface area contributed by atoms with E-state index in [1.165, 1.54) is 0 Å². The van der Waals surface area contributed by atoms with E-state index in [0.29, 0.717) is 11.4 Å². The number of aryl methyl sites for hydroxylation is 2. The van der Waals surface area contributed by atoms with Gasteiger partial charge in [-0.05, 0) is 65.2 Å². The van der Waals surface area contributed by atoms with Crippen LogP contribution >= 0.6 is 15.9 Å². The molecule has 0 spiro atoms. The summed E-state index contributed by atoms with van der Waals surface area (Å²) < 4.78 is 0.891. The summed E-state index contributed by atoms with van der Waals surface area (Å²) in [4.78, 5) is 16.4. The topological polar surface area (TPSA) is 54.0 Å². The van der Waals surface area contributed by atoms with Crippen LogP contribution in [0.1, 0.15) is 21.5 Å². The molecule has 2 N–H and O–H groups in total. The van der Waals surface area contributed by atoms with E-state index in [1.54, 1.807) is 12.3 Å². The number of aromatic nitrogens is 1. The van der Waals surface area contributed by atoms with Crippen LogP contribution in [-0.4, -0.2) is 17.9 Å². The van der Waals surface area contributed by atoms with Gasteiger partial charge >= 0.3 is 0 Å². The van der Waals surface area contributed by atoms with Gasteiger partial charge in [0, 0.05) is 29.0 Å². The van der Waals surface area contributed by atoms with Crippen LogP contribution in [0.2, 0.25) is 0 Å². The zero-order valence-corrected chi connectivity index (χ0v) is 13.2. The molecule has 1 amide bonds. The maximum atomic E-state index is 12.2. The van der Waals surface area contributed by atoms with Gasteiger partial charge in [0.2, 0.25) is 0 Å². The predicted molar refractivity (Wildman–Crippen MR) is 85.4 cm³/mol. The van der Waals surface area contributed by atoms with Crippen molar-refractivity contribution in [2.45, 2.75) is 13.8 Å². The lowest BCUT2D eigenvalue weighted by atomic mass is 10.1. The Balaban J connectivity index is 2.21. The molecule has 0 aliphatic rings. The van der Waals surface area contributed by atoms with Gasteiger partial charge < -0.3 is 10.6 Å².